The second-order valence-corrected chi connectivity index (χ2v) is 5.74. The van der Waals surface area contributed by atoms with Gasteiger partial charge in [-0.25, -0.2) is 0 Å². The number of ether oxygens (including phenoxy) is 1. The van der Waals surface area contributed by atoms with E-state index in [1.807, 2.05) is 24.3 Å². The van der Waals surface area contributed by atoms with E-state index in [0.717, 1.165) is 16.8 Å². The number of pyridine rings is 2. The molecule has 0 spiro atoms. The first-order valence-electron chi connectivity index (χ1n) is 7.71. The van der Waals surface area contributed by atoms with Gasteiger partial charge in [-0.05, 0) is 54.1 Å². The van der Waals surface area contributed by atoms with Crippen molar-refractivity contribution in [3.63, 3.8) is 0 Å². The minimum absolute atomic E-state index is 0.0517. The van der Waals surface area contributed by atoms with E-state index in [9.17, 15) is 4.79 Å². The van der Waals surface area contributed by atoms with E-state index in [-0.39, 0.29) is 12.5 Å². The van der Waals surface area contributed by atoms with Gasteiger partial charge in [-0.2, -0.15) is 0 Å². The number of hydrogen-bond donors (Lipinski definition) is 1. The first-order valence-corrected chi connectivity index (χ1v) is 8.09. The van der Waals surface area contributed by atoms with E-state index in [2.05, 4.69) is 15.3 Å². The molecule has 0 saturated heterocycles. The highest BCUT2D eigenvalue weighted by Crippen LogP contribution is 2.17. The van der Waals surface area contributed by atoms with Gasteiger partial charge in [0.05, 0.1) is 5.69 Å². The lowest BCUT2D eigenvalue weighted by atomic mass is 10.1. The summed E-state index contributed by atoms with van der Waals surface area (Å²) in [6, 6.07) is 14.5. The Bertz CT molecular complexity index is 839. The third kappa shape index (κ3) is 5.02. The molecular weight excluding hydrogens is 338 g/mol. The van der Waals surface area contributed by atoms with Gasteiger partial charge in [0.1, 0.15) is 5.75 Å². The number of carbonyl (C=O) groups is 1. The number of aromatic nitrogens is 2. The molecule has 5 nitrogen and oxygen atoms in total. The molecule has 126 valence electrons. The van der Waals surface area contributed by atoms with Crippen LogP contribution in [0.2, 0.25) is 5.02 Å². The zero-order chi connectivity index (χ0) is 17.5. The summed E-state index contributed by atoms with van der Waals surface area (Å²) in [5.74, 6) is 0.403. The highest BCUT2D eigenvalue weighted by Gasteiger charge is 2.05. The van der Waals surface area contributed by atoms with Crippen LogP contribution in [0.15, 0.2) is 67.1 Å². The molecule has 1 N–H and O–H groups in total. The molecule has 0 aliphatic rings. The maximum Gasteiger partial charge on any atom is 0.258 e. The Hall–Kier alpha value is -2.92. The van der Waals surface area contributed by atoms with E-state index in [1.165, 1.54) is 0 Å². The Kier molecular flexibility index (Phi) is 5.59. The summed E-state index contributed by atoms with van der Waals surface area (Å²) in [5.41, 5.74) is 2.78. The fraction of sp³-hybridized carbons (Fsp3) is 0.105. The SMILES string of the molecule is O=C(COc1ccc(Cl)cc1)NCc1ccnc(-c2ccncc2)c1. The van der Waals surface area contributed by atoms with E-state index >= 15 is 0 Å². The van der Waals surface area contributed by atoms with Gasteiger partial charge in [-0.1, -0.05) is 11.6 Å². The number of halogens is 1. The third-order valence-electron chi connectivity index (χ3n) is 3.47. The average Bonchev–Trinajstić information content (AvgIpc) is 2.67. The van der Waals surface area contributed by atoms with Crippen molar-refractivity contribution < 1.29 is 9.53 Å². The largest absolute Gasteiger partial charge is 0.484 e. The summed E-state index contributed by atoms with van der Waals surface area (Å²) >= 11 is 5.81. The van der Waals surface area contributed by atoms with Gasteiger partial charge >= 0.3 is 0 Å². The van der Waals surface area contributed by atoms with Gasteiger partial charge in [0.25, 0.3) is 5.91 Å². The molecule has 0 atom stereocenters. The molecule has 2 heterocycles. The van der Waals surface area contributed by atoms with Crippen LogP contribution in [0.4, 0.5) is 0 Å². The van der Waals surface area contributed by atoms with Gasteiger partial charge in [0.2, 0.25) is 0 Å². The molecule has 6 heteroatoms. The highest BCUT2D eigenvalue weighted by molar-refractivity contribution is 6.30. The van der Waals surface area contributed by atoms with Gasteiger partial charge < -0.3 is 10.1 Å². The van der Waals surface area contributed by atoms with Crippen molar-refractivity contribution in [2.75, 3.05) is 6.61 Å². The number of benzene rings is 1. The number of carbonyl (C=O) groups excluding carboxylic acids is 1. The van der Waals surface area contributed by atoms with Crippen LogP contribution in [-0.2, 0) is 11.3 Å². The van der Waals surface area contributed by atoms with Crippen molar-refractivity contribution in [3.8, 4) is 17.0 Å². The van der Waals surface area contributed by atoms with Crippen molar-refractivity contribution in [1.29, 1.82) is 0 Å². The molecule has 25 heavy (non-hydrogen) atoms. The van der Waals surface area contributed by atoms with Gasteiger partial charge in [0, 0.05) is 35.7 Å². The van der Waals surface area contributed by atoms with Crippen LogP contribution in [0.25, 0.3) is 11.3 Å². The Morgan fingerprint density at radius 2 is 1.80 bits per heavy atom. The molecule has 0 saturated carbocycles. The lowest BCUT2D eigenvalue weighted by molar-refractivity contribution is -0.123. The first-order chi connectivity index (χ1) is 12.2. The van der Waals surface area contributed by atoms with Crippen molar-refractivity contribution in [3.05, 3.63) is 77.7 Å². The average molecular weight is 354 g/mol. The molecule has 1 aromatic carbocycles. The smallest absolute Gasteiger partial charge is 0.258 e. The van der Waals surface area contributed by atoms with Gasteiger partial charge in [-0.15, -0.1) is 0 Å². The molecule has 0 unspecified atom stereocenters. The molecule has 2 aromatic heterocycles. The van der Waals surface area contributed by atoms with Crippen molar-refractivity contribution in [1.82, 2.24) is 15.3 Å². The molecular formula is C19H16ClN3O2. The summed E-state index contributed by atoms with van der Waals surface area (Å²) in [5, 5.41) is 3.45. The molecule has 3 rings (SSSR count). The standard InChI is InChI=1S/C19H16ClN3O2/c20-16-1-3-17(4-2-16)25-13-19(24)23-12-14-5-10-22-18(11-14)15-6-8-21-9-7-15/h1-11H,12-13H2,(H,23,24). The molecule has 0 radical (unpaired) electrons. The summed E-state index contributed by atoms with van der Waals surface area (Å²) in [6.07, 6.45) is 5.17. The second kappa shape index (κ2) is 8.26. The fourth-order valence-corrected chi connectivity index (χ4v) is 2.32. The summed E-state index contributed by atoms with van der Waals surface area (Å²) < 4.78 is 5.41. The topological polar surface area (TPSA) is 64.1 Å². The summed E-state index contributed by atoms with van der Waals surface area (Å²) in [4.78, 5) is 20.3. The maximum atomic E-state index is 11.9. The third-order valence-corrected chi connectivity index (χ3v) is 3.73. The Balaban J connectivity index is 1.53. The Morgan fingerprint density at radius 3 is 2.56 bits per heavy atom. The van der Waals surface area contributed by atoms with Crippen LogP contribution < -0.4 is 10.1 Å². The van der Waals surface area contributed by atoms with Crippen molar-refractivity contribution >= 4 is 17.5 Å². The minimum atomic E-state index is -0.197. The van der Waals surface area contributed by atoms with Crippen LogP contribution in [-0.4, -0.2) is 22.5 Å². The maximum absolute atomic E-state index is 11.9. The van der Waals surface area contributed by atoms with Gasteiger partial charge in [-0.3, -0.25) is 14.8 Å². The fourth-order valence-electron chi connectivity index (χ4n) is 2.20. The molecule has 3 aromatic rings. The number of amides is 1. The van der Waals surface area contributed by atoms with E-state index in [1.54, 1.807) is 42.9 Å². The number of nitrogens with one attached hydrogen (secondary N) is 1. The predicted molar refractivity (Wildman–Crippen MR) is 96.3 cm³/mol. The zero-order valence-electron chi connectivity index (χ0n) is 13.4. The molecule has 0 aliphatic heterocycles. The molecule has 1 amide bonds. The predicted octanol–water partition coefficient (Wildman–Crippen LogP) is 3.49. The van der Waals surface area contributed by atoms with Crippen LogP contribution in [0.5, 0.6) is 5.75 Å². The van der Waals surface area contributed by atoms with E-state index in [4.69, 9.17) is 16.3 Å². The van der Waals surface area contributed by atoms with Gasteiger partial charge in [0.15, 0.2) is 6.61 Å². The second-order valence-electron chi connectivity index (χ2n) is 5.30. The molecule has 0 bridgehead atoms. The van der Waals surface area contributed by atoms with Crippen molar-refractivity contribution in [2.45, 2.75) is 6.54 Å². The number of rotatable bonds is 6. The summed E-state index contributed by atoms with van der Waals surface area (Å²) in [7, 11) is 0. The van der Waals surface area contributed by atoms with Crippen LogP contribution in [0.1, 0.15) is 5.56 Å². The van der Waals surface area contributed by atoms with E-state index in [0.29, 0.717) is 17.3 Å². The lowest BCUT2D eigenvalue weighted by Crippen LogP contribution is -2.28. The van der Waals surface area contributed by atoms with Crippen molar-refractivity contribution in [2.24, 2.45) is 0 Å². The minimum Gasteiger partial charge on any atom is -0.484 e. The first kappa shape index (κ1) is 16.9. The normalized spacial score (nSPS) is 10.3. The van der Waals surface area contributed by atoms with Crippen LogP contribution in [0, 0.1) is 0 Å². The Labute approximate surface area is 150 Å². The van der Waals surface area contributed by atoms with Crippen LogP contribution in [0.3, 0.4) is 0 Å². The number of nitrogens with zero attached hydrogens (tertiary/aromatic N) is 2. The monoisotopic (exact) mass is 353 g/mol. The van der Waals surface area contributed by atoms with Crippen LogP contribution >= 0.6 is 11.6 Å². The lowest BCUT2D eigenvalue weighted by Gasteiger charge is -2.08. The molecule has 0 fully saturated rings. The zero-order valence-corrected chi connectivity index (χ0v) is 14.1. The highest BCUT2D eigenvalue weighted by atomic mass is 35.5. The quantitative estimate of drug-likeness (QED) is 0.736. The summed E-state index contributed by atoms with van der Waals surface area (Å²) in [6.45, 7) is 0.355. The Morgan fingerprint density at radius 1 is 1.04 bits per heavy atom. The van der Waals surface area contributed by atoms with E-state index < -0.39 is 0 Å². The molecule has 0 aliphatic carbocycles. The number of hydrogen-bond acceptors (Lipinski definition) is 4.